The number of sulfonamides is 1. The highest BCUT2D eigenvalue weighted by molar-refractivity contribution is 7.89. The van der Waals surface area contributed by atoms with E-state index in [9.17, 15) is 22.0 Å². The van der Waals surface area contributed by atoms with Crippen LogP contribution >= 0.6 is 0 Å². The van der Waals surface area contributed by atoms with E-state index in [0.29, 0.717) is 50.7 Å². The predicted molar refractivity (Wildman–Crippen MR) is 143 cm³/mol. The third-order valence-corrected chi connectivity index (χ3v) is 10.3. The smallest absolute Gasteiger partial charge is 0.266 e. The minimum atomic E-state index is -4.06. The maximum Gasteiger partial charge on any atom is 0.266 e. The molecule has 38 heavy (non-hydrogen) atoms. The molecular formula is C28H40F2N4O3S. The molecule has 0 unspecified atom stereocenters. The second-order valence-corrected chi connectivity index (χ2v) is 14.3. The van der Waals surface area contributed by atoms with Crippen molar-refractivity contribution in [3.05, 3.63) is 24.0 Å². The molecule has 5 rings (SSSR count). The number of carbonyl (C=O) groups is 1. The van der Waals surface area contributed by atoms with Gasteiger partial charge in [0.15, 0.2) is 0 Å². The zero-order valence-corrected chi connectivity index (χ0v) is 23.5. The molecule has 2 heterocycles. The molecule has 1 aromatic carbocycles. The van der Waals surface area contributed by atoms with Crippen molar-refractivity contribution in [2.45, 2.75) is 107 Å². The van der Waals surface area contributed by atoms with Crippen LogP contribution in [0, 0.1) is 11.8 Å². The fourth-order valence-electron chi connectivity index (χ4n) is 6.04. The number of carbonyl (C=O) groups excluding carboxylic acids is 1. The van der Waals surface area contributed by atoms with Crippen LogP contribution in [0.1, 0.15) is 84.4 Å². The summed E-state index contributed by atoms with van der Waals surface area (Å²) in [5.74, 6) is -2.30. The van der Waals surface area contributed by atoms with Crippen LogP contribution in [0.3, 0.4) is 0 Å². The molecule has 10 heteroatoms. The number of fused-ring (bicyclic) bond motifs is 1. The Hall–Kier alpha value is -2.07. The molecule has 3 aliphatic rings. The van der Waals surface area contributed by atoms with E-state index in [-0.39, 0.29) is 46.9 Å². The molecule has 0 radical (unpaired) electrons. The van der Waals surface area contributed by atoms with Crippen LogP contribution in [-0.2, 0) is 26.8 Å². The first-order chi connectivity index (χ1) is 17.9. The number of amides is 1. The summed E-state index contributed by atoms with van der Waals surface area (Å²) in [6, 6.07) is 4.64. The summed E-state index contributed by atoms with van der Waals surface area (Å²) in [6.07, 6.45) is 4.56. The van der Waals surface area contributed by atoms with Gasteiger partial charge in [-0.3, -0.25) is 4.79 Å². The monoisotopic (exact) mass is 550 g/mol. The largest absolute Gasteiger partial charge is 0.327 e. The van der Waals surface area contributed by atoms with Crippen molar-refractivity contribution >= 4 is 27.0 Å². The maximum atomic E-state index is 13.9. The lowest BCUT2D eigenvalue weighted by molar-refractivity contribution is -0.133. The lowest BCUT2D eigenvalue weighted by atomic mass is 9.86. The highest BCUT2D eigenvalue weighted by Gasteiger charge is 2.42. The molecule has 1 N–H and O–H groups in total. The van der Waals surface area contributed by atoms with Crippen molar-refractivity contribution in [2.24, 2.45) is 11.8 Å². The van der Waals surface area contributed by atoms with Gasteiger partial charge in [-0.25, -0.2) is 26.5 Å². The maximum absolute atomic E-state index is 13.9. The zero-order chi connectivity index (χ0) is 27.3. The third-order valence-electron chi connectivity index (χ3n) is 8.49. The number of imidazole rings is 1. The molecule has 1 amide bonds. The molecular weight excluding hydrogens is 510 g/mol. The molecule has 1 atom stereocenters. The molecule has 0 spiro atoms. The molecule has 2 aromatic rings. The number of rotatable bonds is 6. The van der Waals surface area contributed by atoms with Crippen molar-refractivity contribution in [2.75, 3.05) is 13.1 Å². The number of piperidine rings is 1. The summed E-state index contributed by atoms with van der Waals surface area (Å²) in [5, 5.41) is 3.23. The summed E-state index contributed by atoms with van der Waals surface area (Å²) in [6.45, 7) is 8.07. The van der Waals surface area contributed by atoms with Gasteiger partial charge < -0.3 is 9.88 Å². The van der Waals surface area contributed by atoms with Crippen LogP contribution in [0.5, 0.6) is 0 Å². The van der Waals surface area contributed by atoms with Crippen LogP contribution in [0.4, 0.5) is 8.78 Å². The highest BCUT2D eigenvalue weighted by Crippen LogP contribution is 2.39. The Labute approximate surface area is 224 Å². The standard InChI is InChI=1S/C28H40F2N4O3S/c1-27(2,3)26-32-23-16-22(9-10-24(23)33(26)18-19-11-13-28(29,30)14-12-19)38(36,37)34(21-7-4-8-21)25(35)20-6-5-15-31-17-20/h9-10,16,19-21,31H,4-8,11-15,17-18H2,1-3H3/t20-/m0/s1. The lowest BCUT2D eigenvalue weighted by Crippen LogP contribution is -2.52. The Morgan fingerprint density at radius 3 is 2.42 bits per heavy atom. The minimum absolute atomic E-state index is 0.0800. The van der Waals surface area contributed by atoms with E-state index in [1.165, 1.54) is 4.31 Å². The van der Waals surface area contributed by atoms with Crippen molar-refractivity contribution < 1.29 is 22.0 Å². The Bertz CT molecular complexity index is 1280. The van der Waals surface area contributed by atoms with Gasteiger partial charge in [-0.2, -0.15) is 0 Å². The molecule has 1 saturated heterocycles. The number of benzene rings is 1. The van der Waals surface area contributed by atoms with Gasteiger partial charge in [-0.15, -0.1) is 0 Å². The van der Waals surface area contributed by atoms with Gasteiger partial charge in [-0.1, -0.05) is 20.8 Å². The predicted octanol–water partition coefficient (Wildman–Crippen LogP) is 5.23. The molecule has 2 saturated carbocycles. The zero-order valence-electron chi connectivity index (χ0n) is 22.7. The summed E-state index contributed by atoms with van der Waals surface area (Å²) < 4.78 is 58.6. The van der Waals surface area contributed by atoms with Crippen LogP contribution in [0.15, 0.2) is 23.1 Å². The first-order valence-corrected chi connectivity index (χ1v) is 15.5. The number of nitrogens with one attached hydrogen (secondary N) is 1. The Kier molecular flexibility index (Phi) is 7.35. The molecule has 210 valence electrons. The van der Waals surface area contributed by atoms with Crippen molar-refractivity contribution in [3.63, 3.8) is 0 Å². The fourth-order valence-corrected chi connectivity index (χ4v) is 7.76. The van der Waals surface area contributed by atoms with E-state index in [1.54, 1.807) is 18.2 Å². The van der Waals surface area contributed by atoms with Gasteiger partial charge in [0.2, 0.25) is 11.8 Å². The first kappa shape index (κ1) is 27.5. The van der Waals surface area contributed by atoms with Crippen LogP contribution < -0.4 is 5.32 Å². The van der Waals surface area contributed by atoms with Gasteiger partial charge in [0.25, 0.3) is 10.0 Å². The second kappa shape index (κ2) is 10.2. The van der Waals surface area contributed by atoms with E-state index >= 15 is 0 Å². The summed E-state index contributed by atoms with van der Waals surface area (Å²) in [5.41, 5.74) is 1.03. The van der Waals surface area contributed by atoms with Crippen LogP contribution in [-0.4, -0.2) is 53.2 Å². The molecule has 3 fully saturated rings. The SMILES string of the molecule is CC(C)(C)c1nc2cc(S(=O)(=O)N(C(=O)[C@H]3CCCNC3)C3CCC3)ccc2n1CC1CCC(F)(F)CC1. The average Bonchev–Trinajstić information content (AvgIpc) is 3.21. The molecule has 1 aliphatic heterocycles. The van der Waals surface area contributed by atoms with E-state index in [1.807, 2.05) is 20.8 Å². The first-order valence-electron chi connectivity index (χ1n) is 14.0. The Balaban J connectivity index is 1.49. The molecule has 7 nitrogen and oxygen atoms in total. The van der Waals surface area contributed by atoms with Crippen molar-refractivity contribution in [1.29, 1.82) is 0 Å². The summed E-state index contributed by atoms with van der Waals surface area (Å²) in [4.78, 5) is 18.4. The topological polar surface area (TPSA) is 84.3 Å². The second-order valence-electron chi connectivity index (χ2n) is 12.5. The number of hydrogen-bond acceptors (Lipinski definition) is 5. The van der Waals surface area contributed by atoms with Gasteiger partial charge in [0.05, 0.1) is 21.8 Å². The van der Waals surface area contributed by atoms with Crippen molar-refractivity contribution in [3.8, 4) is 0 Å². The van der Waals surface area contributed by atoms with Crippen LogP contribution in [0.25, 0.3) is 11.0 Å². The number of aromatic nitrogens is 2. The summed E-state index contributed by atoms with van der Waals surface area (Å²) in [7, 11) is -4.06. The average molecular weight is 551 g/mol. The van der Waals surface area contributed by atoms with Gasteiger partial charge in [0.1, 0.15) is 5.82 Å². The van der Waals surface area contributed by atoms with E-state index in [4.69, 9.17) is 4.98 Å². The number of alkyl halides is 2. The number of hydrogen-bond donors (Lipinski definition) is 1. The molecule has 2 aliphatic carbocycles. The Morgan fingerprint density at radius 2 is 1.84 bits per heavy atom. The van der Waals surface area contributed by atoms with E-state index in [0.717, 1.165) is 30.7 Å². The minimum Gasteiger partial charge on any atom is -0.327 e. The number of halogens is 2. The highest BCUT2D eigenvalue weighted by atomic mass is 32.2. The van der Waals surface area contributed by atoms with E-state index in [2.05, 4.69) is 9.88 Å². The lowest BCUT2D eigenvalue weighted by Gasteiger charge is -2.39. The van der Waals surface area contributed by atoms with Crippen molar-refractivity contribution in [1.82, 2.24) is 19.2 Å². The van der Waals surface area contributed by atoms with Crippen LogP contribution in [0.2, 0.25) is 0 Å². The Morgan fingerprint density at radius 1 is 1.13 bits per heavy atom. The fraction of sp³-hybridized carbons (Fsp3) is 0.714. The third kappa shape index (κ3) is 5.35. The van der Waals surface area contributed by atoms with Gasteiger partial charge in [-0.05, 0) is 75.6 Å². The quantitative estimate of drug-likeness (QED) is 0.533. The molecule has 1 aromatic heterocycles. The van der Waals surface area contributed by atoms with Gasteiger partial charge >= 0.3 is 0 Å². The normalized spacial score (nSPS) is 23.3. The molecule has 0 bridgehead atoms. The van der Waals surface area contributed by atoms with E-state index < -0.39 is 15.9 Å². The summed E-state index contributed by atoms with van der Waals surface area (Å²) >= 11 is 0. The van der Waals surface area contributed by atoms with Gasteiger partial charge in [0, 0.05) is 37.4 Å². The number of nitrogens with zero attached hydrogens (tertiary/aromatic N) is 3.